The summed E-state index contributed by atoms with van der Waals surface area (Å²) in [6, 6.07) is 0. The monoisotopic (exact) mass is 153 g/mol. The fourth-order valence-electron chi connectivity index (χ4n) is 0.913. The topological polar surface area (TPSA) is 29.5 Å². The van der Waals surface area contributed by atoms with Crippen molar-refractivity contribution in [2.75, 3.05) is 20.7 Å². The standard InChI is InChI=1S/C8H11NO2/c1-9-4-3-8(11-2)5-7(9)6-10/h3,5-6H,4H2,1-2H3. The van der Waals surface area contributed by atoms with E-state index in [1.54, 1.807) is 13.2 Å². The predicted octanol–water partition coefficient (Wildman–Crippen LogP) is 0.545. The van der Waals surface area contributed by atoms with Crippen molar-refractivity contribution in [3.63, 3.8) is 0 Å². The second kappa shape index (κ2) is 3.23. The van der Waals surface area contributed by atoms with E-state index in [-0.39, 0.29) is 0 Å². The number of likely N-dealkylation sites (N-methyl/N-ethyl adjacent to an activating group) is 1. The van der Waals surface area contributed by atoms with Crippen LogP contribution < -0.4 is 0 Å². The van der Waals surface area contributed by atoms with E-state index < -0.39 is 0 Å². The number of methoxy groups -OCH3 is 1. The molecule has 0 saturated carbocycles. The first-order valence-electron chi connectivity index (χ1n) is 3.40. The van der Waals surface area contributed by atoms with Crippen LogP contribution in [0.1, 0.15) is 0 Å². The molecule has 0 spiro atoms. The summed E-state index contributed by atoms with van der Waals surface area (Å²) in [6.45, 7) is 0.730. The molecule has 0 bridgehead atoms. The second-order valence-electron chi connectivity index (χ2n) is 2.38. The minimum Gasteiger partial charge on any atom is -0.497 e. The van der Waals surface area contributed by atoms with E-state index in [1.165, 1.54) is 0 Å². The fourth-order valence-corrected chi connectivity index (χ4v) is 0.913. The maximum Gasteiger partial charge on any atom is 0.166 e. The van der Waals surface area contributed by atoms with E-state index in [0.717, 1.165) is 18.6 Å². The summed E-state index contributed by atoms with van der Waals surface area (Å²) < 4.78 is 4.97. The zero-order valence-electron chi connectivity index (χ0n) is 6.70. The molecule has 60 valence electrons. The van der Waals surface area contributed by atoms with Gasteiger partial charge in [0.15, 0.2) is 6.29 Å². The van der Waals surface area contributed by atoms with Gasteiger partial charge in [0.25, 0.3) is 0 Å². The average molecular weight is 153 g/mol. The maximum absolute atomic E-state index is 10.4. The Kier molecular flexibility index (Phi) is 2.31. The lowest BCUT2D eigenvalue weighted by Crippen LogP contribution is -2.22. The summed E-state index contributed by atoms with van der Waals surface area (Å²) >= 11 is 0. The van der Waals surface area contributed by atoms with Crippen molar-refractivity contribution in [3.8, 4) is 0 Å². The Morgan fingerprint density at radius 2 is 2.45 bits per heavy atom. The Balaban J connectivity index is 2.79. The van der Waals surface area contributed by atoms with Gasteiger partial charge in [0, 0.05) is 19.7 Å². The first kappa shape index (κ1) is 7.85. The minimum absolute atomic E-state index is 0.657. The molecule has 0 unspecified atom stereocenters. The van der Waals surface area contributed by atoms with Gasteiger partial charge < -0.3 is 9.64 Å². The van der Waals surface area contributed by atoms with Gasteiger partial charge in [-0.3, -0.25) is 4.79 Å². The SMILES string of the molecule is COC1=CCN(C)C(C=O)=C1. The second-order valence-corrected chi connectivity index (χ2v) is 2.38. The molecule has 3 nitrogen and oxygen atoms in total. The number of aldehydes is 1. The van der Waals surface area contributed by atoms with Crippen LogP contribution in [0.2, 0.25) is 0 Å². The van der Waals surface area contributed by atoms with E-state index >= 15 is 0 Å². The summed E-state index contributed by atoms with van der Waals surface area (Å²) in [7, 11) is 3.46. The highest BCUT2D eigenvalue weighted by atomic mass is 16.5. The first-order valence-corrected chi connectivity index (χ1v) is 3.40. The van der Waals surface area contributed by atoms with Crippen LogP contribution in [0.5, 0.6) is 0 Å². The van der Waals surface area contributed by atoms with Gasteiger partial charge in [-0.25, -0.2) is 0 Å². The Morgan fingerprint density at radius 3 is 3.00 bits per heavy atom. The van der Waals surface area contributed by atoms with Crippen molar-refractivity contribution < 1.29 is 9.53 Å². The van der Waals surface area contributed by atoms with Gasteiger partial charge in [0.05, 0.1) is 12.8 Å². The van der Waals surface area contributed by atoms with E-state index in [0.29, 0.717) is 5.70 Å². The van der Waals surface area contributed by atoms with E-state index in [9.17, 15) is 4.79 Å². The van der Waals surface area contributed by atoms with Crippen LogP contribution in [0.25, 0.3) is 0 Å². The van der Waals surface area contributed by atoms with Crippen molar-refractivity contribution in [2.45, 2.75) is 0 Å². The van der Waals surface area contributed by atoms with Crippen molar-refractivity contribution >= 4 is 6.29 Å². The molecule has 1 aliphatic heterocycles. The number of nitrogens with zero attached hydrogens (tertiary/aromatic N) is 1. The molecule has 0 amide bonds. The van der Waals surface area contributed by atoms with Gasteiger partial charge in [-0.05, 0) is 6.08 Å². The minimum atomic E-state index is 0.657. The molecule has 0 fully saturated rings. The van der Waals surface area contributed by atoms with Crippen molar-refractivity contribution in [3.05, 3.63) is 23.6 Å². The summed E-state index contributed by atoms with van der Waals surface area (Å²) in [5, 5.41) is 0. The molecule has 0 aromatic carbocycles. The van der Waals surface area contributed by atoms with Gasteiger partial charge in [-0.1, -0.05) is 0 Å². The third-order valence-corrected chi connectivity index (χ3v) is 1.65. The van der Waals surface area contributed by atoms with Crippen molar-refractivity contribution in [1.29, 1.82) is 0 Å². The molecule has 0 atom stereocenters. The molecule has 0 aliphatic carbocycles. The zero-order chi connectivity index (χ0) is 8.27. The molecular weight excluding hydrogens is 142 g/mol. The fraction of sp³-hybridized carbons (Fsp3) is 0.375. The summed E-state index contributed by atoms with van der Waals surface area (Å²) in [5.41, 5.74) is 0.657. The molecular formula is C8H11NO2. The van der Waals surface area contributed by atoms with E-state index in [4.69, 9.17) is 4.74 Å². The Morgan fingerprint density at radius 1 is 1.73 bits per heavy atom. The van der Waals surface area contributed by atoms with Crippen LogP contribution in [0, 0.1) is 0 Å². The van der Waals surface area contributed by atoms with E-state index in [1.807, 2.05) is 18.0 Å². The number of hydrogen-bond acceptors (Lipinski definition) is 3. The summed E-state index contributed by atoms with van der Waals surface area (Å²) in [5.74, 6) is 0.755. The van der Waals surface area contributed by atoms with Crippen LogP contribution in [-0.4, -0.2) is 31.9 Å². The largest absolute Gasteiger partial charge is 0.497 e. The molecule has 0 aromatic rings. The number of carbonyl (C=O) groups is 1. The summed E-state index contributed by atoms with van der Waals surface area (Å²) in [6.07, 6.45) is 4.47. The number of hydrogen-bond donors (Lipinski definition) is 0. The van der Waals surface area contributed by atoms with Gasteiger partial charge in [-0.15, -0.1) is 0 Å². The molecule has 0 radical (unpaired) electrons. The lowest BCUT2D eigenvalue weighted by Gasteiger charge is -2.21. The highest BCUT2D eigenvalue weighted by Gasteiger charge is 2.08. The van der Waals surface area contributed by atoms with Crippen LogP contribution in [0.4, 0.5) is 0 Å². The smallest absolute Gasteiger partial charge is 0.166 e. The van der Waals surface area contributed by atoms with Crippen LogP contribution in [-0.2, 0) is 9.53 Å². The third-order valence-electron chi connectivity index (χ3n) is 1.65. The van der Waals surface area contributed by atoms with Gasteiger partial charge >= 0.3 is 0 Å². The third kappa shape index (κ3) is 1.61. The zero-order valence-corrected chi connectivity index (χ0v) is 6.70. The van der Waals surface area contributed by atoms with Crippen LogP contribution >= 0.6 is 0 Å². The average Bonchev–Trinajstić information content (AvgIpc) is 2.05. The van der Waals surface area contributed by atoms with Crippen molar-refractivity contribution in [2.24, 2.45) is 0 Å². The highest BCUT2D eigenvalue weighted by molar-refractivity contribution is 5.73. The lowest BCUT2D eigenvalue weighted by molar-refractivity contribution is -0.106. The number of rotatable bonds is 2. The summed E-state index contributed by atoms with van der Waals surface area (Å²) in [4.78, 5) is 12.3. The highest BCUT2D eigenvalue weighted by Crippen LogP contribution is 2.11. The van der Waals surface area contributed by atoms with Gasteiger partial charge in [-0.2, -0.15) is 0 Å². The van der Waals surface area contributed by atoms with Crippen molar-refractivity contribution in [1.82, 2.24) is 4.90 Å². The number of allylic oxidation sites excluding steroid dienone is 2. The molecule has 11 heavy (non-hydrogen) atoms. The van der Waals surface area contributed by atoms with Crippen LogP contribution in [0.3, 0.4) is 0 Å². The lowest BCUT2D eigenvalue weighted by atomic mass is 10.2. The molecule has 0 saturated heterocycles. The molecule has 0 aromatic heterocycles. The maximum atomic E-state index is 10.4. The quantitative estimate of drug-likeness (QED) is 0.542. The molecule has 1 rings (SSSR count). The Labute approximate surface area is 65.9 Å². The predicted molar refractivity (Wildman–Crippen MR) is 41.9 cm³/mol. The first-order chi connectivity index (χ1) is 5.27. The number of carbonyl (C=O) groups excluding carboxylic acids is 1. The van der Waals surface area contributed by atoms with E-state index in [2.05, 4.69) is 0 Å². The normalized spacial score (nSPS) is 17.1. The van der Waals surface area contributed by atoms with Crippen LogP contribution in [0.15, 0.2) is 23.6 Å². The number of ether oxygens (including phenoxy) is 1. The van der Waals surface area contributed by atoms with Gasteiger partial charge in [0.2, 0.25) is 0 Å². The van der Waals surface area contributed by atoms with Gasteiger partial charge in [0.1, 0.15) is 5.76 Å². The Bertz CT molecular complexity index is 218. The molecule has 1 aliphatic rings. The molecule has 0 N–H and O–H groups in total. The molecule has 3 heteroatoms. The molecule has 1 heterocycles. The Hall–Kier alpha value is -1.25.